The van der Waals surface area contributed by atoms with Crippen molar-refractivity contribution in [1.29, 1.82) is 0 Å². The van der Waals surface area contributed by atoms with Crippen molar-refractivity contribution in [2.75, 3.05) is 6.26 Å². The Morgan fingerprint density at radius 2 is 1.96 bits per heavy atom. The average Bonchev–Trinajstić information content (AvgIpc) is 2.55. The van der Waals surface area contributed by atoms with Gasteiger partial charge in [0.05, 0.1) is 11.1 Å². The Kier molecular flexibility index (Phi) is 5.48. The van der Waals surface area contributed by atoms with Crippen LogP contribution in [-0.2, 0) is 0 Å². The van der Waals surface area contributed by atoms with E-state index in [2.05, 4.69) is 10.5 Å². The molecule has 0 atom stereocenters. The summed E-state index contributed by atoms with van der Waals surface area (Å²) in [7, 11) is 0. The number of carbonyl (C=O) groups is 1. The topological polar surface area (TPSA) is 84.6 Å². The van der Waals surface area contributed by atoms with Crippen molar-refractivity contribution in [3.8, 4) is 0 Å². The van der Waals surface area contributed by atoms with Gasteiger partial charge in [-0.2, -0.15) is 5.10 Å². The van der Waals surface area contributed by atoms with E-state index in [1.807, 2.05) is 30.5 Å². The third-order valence-electron chi connectivity index (χ3n) is 3.16. The van der Waals surface area contributed by atoms with Gasteiger partial charge in [-0.15, -0.1) is 11.8 Å². The first-order valence-corrected chi connectivity index (χ1v) is 7.96. The lowest BCUT2D eigenvalue weighted by Gasteiger charge is -2.02. The molecule has 0 aliphatic rings. The van der Waals surface area contributed by atoms with Crippen LogP contribution < -0.4 is 5.43 Å². The second kappa shape index (κ2) is 7.55. The summed E-state index contributed by atoms with van der Waals surface area (Å²) in [4.78, 5) is 23.5. The third-order valence-corrected chi connectivity index (χ3v) is 3.91. The zero-order valence-corrected chi connectivity index (χ0v) is 13.5. The van der Waals surface area contributed by atoms with Gasteiger partial charge in [0, 0.05) is 22.1 Å². The van der Waals surface area contributed by atoms with Crippen molar-refractivity contribution in [1.82, 2.24) is 5.43 Å². The van der Waals surface area contributed by atoms with Gasteiger partial charge in [-0.25, -0.2) is 5.43 Å². The van der Waals surface area contributed by atoms with Crippen LogP contribution in [0.25, 0.3) is 0 Å². The van der Waals surface area contributed by atoms with Crippen LogP contribution >= 0.6 is 11.8 Å². The summed E-state index contributed by atoms with van der Waals surface area (Å²) in [6.45, 7) is 1.62. The Balaban J connectivity index is 2.05. The number of carbonyl (C=O) groups excluding carboxylic acids is 1. The second-order valence-corrected chi connectivity index (χ2v) is 5.61. The van der Waals surface area contributed by atoms with Crippen molar-refractivity contribution in [3.63, 3.8) is 0 Å². The summed E-state index contributed by atoms with van der Waals surface area (Å²) in [5.41, 5.74) is 3.82. The number of hydrazone groups is 1. The van der Waals surface area contributed by atoms with Gasteiger partial charge in [0.1, 0.15) is 0 Å². The molecule has 0 spiro atoms. The van der Waals surface area contributed by atoms with Gasteiger partial charge in [-0.3, -0.25) is 14.9 Å². The molecule has 0 aliphatic carbocycles. The number of thioether (sulfide) groups is 1. The first kappa shape index (κ1) is 16.7. The van der Waals surface area contributed by atoms with E-state index in [1.54, 1.807) is 18.7 Å². The molecule has 0 unspecified atom stereocenters. The van der Waals surface area contributed by atoms with Crippen molar-refractivity contribution in [3.05, 3.63) is 69.3 Å². The summed E-state index contributed by atoms with van der Waals surface area (Å²) < 4.78 is 0. The summed E-state index contributed by atoms with van der Waals surface area (Å²) >= 11 is 1.64. The zero-order valence-electron chi connectivity index (χ0n) is 12.6. The second-order valence-electron chi connectivity index (χ2n) is 4.73. The Hall–Kier alpha value is -2.67. The van der Waals surface area contributed by atoms with Gasteiger partial charge in [-0.1, -0.05) is 18.2 Å². The van der Waals surface area contributed by atoms with E-state index in [0.717, 1.165) is 10.5 Å². The predicted octanol–water partition coefficient (Wildman–Crippen LogP) is 3.39. The lowest BCUT2D eigenvalue weighted by atomic mass is 10.1. The lowest BCUT2D eigenvalue weighted by Crippen LogP contribution is -2.17. The highest BCUT2D eigenvalue weighted by Crippen LogP contribution is 2.19. The van der Waals surface area contributed by atoms with E-state index in [1.165, 1.54) is 24.4 Å². The van der Waals surface area contributed by atoms with Crippen molar-refractivity contribution in [2.24, 2.45) is 5.10 Å². The molecule has 0 saturated heterocycles. The van der Waals surface area contributed by atoms with Crippen LogP contribution in [0.1, 0.15) is 21.5 Å². The number of hydrogen-bond donors (Lipinski definition) is 1. The molecule has 1 N–H and O–H groups in total. The highest BCUT2D eigenvalue weighted by molar-refractivity contribution is 7.98. The third kappa shape index (κ3) is 4.40. The van der Waals surface area contributed by atoms with Gasteiger partial charge < -0.3 is 0 Å². The zero-order chi connectivity index (χ0) is 16.8. The molecular weight excluding hydrogens is 314 g/mol. The summed E-state index contributed by atoms with van der Waals surface area (Å²) in [6.07, 6.45) is 3.51. The Bertz CT molecular complexity index is 758. The molecule has 0 radical (unpaired) electrons. The summed E-state index contributed by atoms with van der Waals surface area (Å²) in [5.74, 6) is -0.495. The molecular formula is C16H15N3O3S. The Labute approximate surface area is 137 Å². The maximum Gasteiger partial charge on any atom is 0.273 e. The minimum absolute atomic E-state index is 0.0886. The Morgan fingerprint density at radius 3 is 2.57 bits per heavy atom. The highest BCUT2D eigenvalue weighted by atomic mass is 32.2. The molecule has 0 bridgehead atoms. The number of nitrogens with one attached hydrogen (secondary N) is 1. The van der Waals surface area contributed by atoms with Crippen molar-refractivity contribution in [2.45, 2.75) is 11.8 Å². The van der Waals surface area contributed by atoms with E-state index in [-0.39, 0.29) is 11.3 Å². The average molecular weight is 329 g/mol. The minimum atomic E-state index is -0.511. The number of amides is 1. The Morgan fingerprint density at radius 1 is 1.26 bits per heavy atom. The minimum Gasteiger partial charge on any atom is -0.267 e. The van der Waals surface area contributed by atoms with E-state index in [0.29, 0.717) is 5.56 Å². The van der Waals surface area contributed by atoms with E-state index < -0.39 is 10.8 Å². The maximum atomic E-state index is 12.0. The van der Waals surface area contributed by atoms with Gasteiger partial charge in [-0.05, 0) is 36.9 Å². The van der Waals surface area contributed by atoms with E-state index >= 15 is 0 Å². The number of nitro benzene ring substituents is 1. The number of hydrogen-bond acceptors (Lipinski definition) is 5. The quantitative estimate of drug-likeness (QED) is 0.394. The number of nitrogens with zero attached hydrogens (tertiary/aromatic N) is 2. The molecule has 2 aromatic rings. The fourth-order valence-electron chi connectivity index (χ4n) is 1.87. The largest absolute Gasteiger partial charge is 0.273 e. The van der Waals surface area contributed by atoms with Gasteiger partial charge in [0.15, 0.2) is 0 Å². The lowest BCUT2D eigenvalue weighted by molar-refractivity contribution is -0.385. The van der Waals surface area contributed by atoms with Crippen LogP contribution in [0, 0.1) is 17.0 Å². The van der Waals surface area contributed by atoms with Gasteiger partial charge >= 0.3 is 0 Å². The van der Waals surface area contributed by atoms with Gasteiger partial charge in [0.25, 0.3) is 11.6 Å². The van der Waals surface area contributed by atoms with Gasteiger partial charge in [0.2, 0.25) is 0 Å². The number of nitro groups is 1. The maximum absolute atomic E-state index is 12.0. The van der Waals surface area contributed by atoms with Crippen LogP contribution in [-0.4, -0.2) is 23.3 Å². The predicted molar refractivity (Wildman–Crippen MR) is 91.1 cm³/mol. The van der Waals surface area contributed by atoms with E-state index in [4.69, 9.17) is 0 Å². The van der Waals surface area contributed by atoms with Crippen LogP contribution in [0.4, 0.5) is 5.69 Å². The van der Waals surface area contributed by atoms with Crippen LogP contribution in [0.5, 0.6) is 0 Å². The van der Waals surface area contributed by atoms with Crippen molar-refractivity contribution >= 4 is 29.6 Å². The number of rotatable bonds is 5. The molecule has 0 aromatic heterocycles. The summed E-state index contributed by atoms with van der Waals surface area (Å²) in [6, 6.07) is 12.0. The first-order chi connectivity index (χ1) is 11.0. The van der Waals surface area contributed by atoms with Crippen LogP contribution in [0.3, 0.4) is 0 Å². The molecule has 0 aliphatic heterocycles. The fraction of sp³-hybridized carbons (Fsp3) is 0.125. The number of aryl methyl sites for hydroxylation is 1. The van der Waals surface area contributed by atoms with E-state index in [9.17, 15) is 14.9 Å². The fourth-order valence-corrected chi connectivity index (χ4v) is 2.28. The molecule has 0 heterocycles. The molecule has 6 nitrogen and oxygen atoms in total. The molecule has 1 amide bonds. The van der Waals surface area contributed by atoms with Crippen LogP contribution in [0.15, 0.2) is 52.5 Å². The molecule has 2 rings (SSSR count). The molecule has 118 valence electrons. The summed E-state index contributed by atoms with van der Waals surface area (Å²) in [5, 5.41) is 14.8. The molecule has 0 fully saturated rings. The first-order valence-electron chi connectivity index (χ1n) is 6.74. The number of benzene rings is 2. The molecule has 0 saturated carbocycles. The van der Waals surface area contributed by atoms with Crippen molar-refractivity contribution < 1.29 is 9.72 Å². The standard InChI is InChI=1S/C16H15N3O3S/c1-11-3-6-13(9-15(11)19(21)22)16(20)18-17-10-12-4-7-14(23-2)8-5-12/h3-10H,1-2H3,(H,18,20)/b17-10+. The van der Waals surface area contributed by atoms with Crippen LogP contribution in [0.2, 0.25) is 0 Å². The smallest absolute Gasteiger partial charge is 0.267 e. The highest BCUT2D eigenvalue weighted by Gasteiger charge is 2.14. The molecule has 2 aromatic carbocycles. The molecule has 23 heavy (non-hydrogen) atoms. The SMILES string of the molecule is CSc1ccc(/C=N/NC(=O)c2ccc(C)c([N+](=O)[O-])c2)cc1. The molecule has 7 heteroatoms. The monoisotopic (exact) mass is 329 g/mol. The normalized spacial score (nSPS) is 10.7.